The van der Waals surface area contributed by atoms with Gasteiger partial charge in [-0.15, -0.1) is 0 Å². The van der Waals surface area contributed by atoms with Crippen LogP contribution in [0.1, 0.15) is 37.2 Å². The van der Waals surface area contributed by atoms with E-state index in [4.69, 9.17) is 0 Å². The van der Waals surface area contributed by atoms with E-state index < -0.39 is 0 Å². The molecule has 2 fully saturated rings. The Bertz CT molecular complexity index is 504. The Labute approximate surface area is 119 Å². The molecule has 0 spiro atoms. The van der Waals surface area contributed by atoms with E-state index in [9.17, 15) is 9.59 Å². The van der Waals surface area contributed by atoms with Gasteiger partial charge in [-0.1, -0.05) is 12.1 Å². The molecule has 0 unspecified atom stereocenters. The highest BCUT2D eigenvalue weighted by molar-refractivity contribution is 6.08. The topological polar surface area (TPSA) is 49.4 Å². The van der Waals surface area contributed by atoms with Crippen molar-refractivity contribution in [3.05, 3.63) is 29.8 Å². The van der Waals surface area contributed by atoms with Crippen LogP contribution < -0.4 is 10.2 Å². The molecule has 0 aromatic heterocycles. The van der Waals surface area contributed by atoms with Crippen molar-refractivity contribution in [1.82, 2.24) is 5.32 Å². The third kappa shape index (κ3) is 2.75. The molecule has 1 amide bonds. The number of piperidine rings is 2. The van der Waals surface area contributed by atoms with Gasteiger partial charge in [-0.3, -0.25) is 9.59 Å². The molecular formula is C16H20N2O2. The number of hydrogen-bond acceptors (Lipinski definition) is 3. The molecule has 0 saturated carbocycles. The van der Waals surface area contributed by atoms with Crippen molar-refractivity contribution < 1.29 is 9.59 Å². The van der Waals surface area contributed by atoms with Gasteiger partial charge in [-0.25, -0.2) is 0 Å². The predicted molar refractivity (Wildman–Crippen MR) is 77.9 cm³/mol. The summed E-state index contributed by atoms with van der Waals surface area (Å²) < 4.78 is 0. The Morgan fingerprint density at radius 1 is 1.05 bits per heavy atom. The molecule has 4 heteroatoms. The summed E-state index contributed by atoms with van der Waals surface area (Å²) in [5.41, 5.74) is 2.27. The van der Waals surface area contributed by atoms with Crippen LogP contribution in [0, 0.1) is 0 Å². The van der Waals surface area contributed by atoms with E-state index in [0.717, 1.165) is 18.8 Å². The number of nitrogens with one attached hydrogen (secondary N) is 1. The lowest BCUT2D eigenvalue weighted by Crippen LogP contribution is -2.39. The second-order valence-electron chi connectivity index (χ2n) is 5.63. The zero-order valence-electron chi connectivity index (χ0n) is 11.6. The number of anilines is 1. The number of amides is 1. The molecule has 0 bridgehead atoms. The number of carbonyl (C=O) groups excluding carboxylic acids is 2. The Morgan fingerprint density at radius 2 is 1.75 bits per heavy atom. The fourth-order valence-corrected chi connectivity index (χ4v) is 3.07. The smallest absolute Gasteiger partial charge is 0.234 e. The molecule has 1 N–H and O–H groups in total. The maximum absolute atomic E-state index is 11.9. The Kier molecular flexibility index (Phi) is 3.83. The molecular weight excluding hydrogens is 252 g/mol. The molecule has 106 valence electrons. The van der Waals surface area contributed by atoms with Gasteiger partial charge in [0, 0.05) is 18.7 Å². The SMILES string of the molecule is O=C1CCN(c2ccc(C3CCNCC3)cc2)C(=O)C1. The molecule has 0 radical (unpaired) electrons. The van der Waals surface area contributed by atoms with Crippen LogP contribution in [0.15, 0.2) is 24.3 Å². The highest BCUT2D eigenvalue weighted by Gasteiger charge is 2.25. The number of hydrogen-bond donors (Lipinski definition) is 1. The van der Waals surface area contributed by atoms with Gasteiger partial charge < -0.3 is 10.2 Å². The molecule has 2 heterocycles. The van der Waals surface area contributed by atoms with E-state index in [1.54, 1.807) is 4.90 Å². The average Bonchev–Trinajstić information content (AvgIpc) is 2.48. The summed E-state index contributed by atoms with van der Waals surface area (Å²) in [5.74, 6) is 0.609. The van der Waals surface area contributed by atoms with Crippen LogP contribution in [-0.4, -0.2) is 31.3 Å². The normalized spacial score (nSPS) is 21.3. The van der Waals surface area contributed by atoms with Gasteiger partial charge in [0.15, 0.2) is 0 Å². The Balaban J connectivity index is 1.72. The van der Waals surface area contributed by atoms with Crippen LogP contribution in [0.2, 0.25) is 0 Å². The minimum Gasteiger partial charge on any atom is -0.317 e. The molecule has 4 nitrogen and oxygen atoms in total. The lowest BCUT2D eigenvalue weighted by molar-refractivity contribution is -0.128. The van der Waals surface area contributed by atoms with Crippen LogP contribution in [0.5, 0.6) is 0 Å². The second-order valence-corrected chi connectivity index (χ2v) is 5.63. The van der Waals surface area contributed by atoms with Crippen molar-refractivity contribution in [3.8, 4) is 0 Å². The van der Waals surface area contributed by atoms with E-state index in [2.05, 4.69) is 17.4 Å². The van der Waals surface area contributed by atoms with Crippen molar-refractivity contribution in [2.24, 2.45) is 0 Å². The van der Waals surface area contributed by atoms with Gasteiger partial charge in [-0.2, -0.15) is 0 Å². The number of nitrogens with zero attached hydrogens (tertiary/aromatic N) is 1. The van der Waals surface area contributed by atoms with Gasteiger partial charge >= 0.3 is 0 Å². The van der Waals surface area contributed by atoms with Crippen molar-refractivity contribution in [3.63, 3.8) is 0 Å². The zero-order valence-corrected chi connectivity index (χ0v) is 11.6. The minimum atomic E-state index is -0.0733. The number of carbonyl (C=O) groups is 2. The molecule has 3 rings (SSSR count). The fraction of sp³-hybridized carbons (Fsp3) is 0.500. The van der Waals surface area contributed by atoms with Gasteiger partial charge in [0.1, 0.15) is 5.78 Å². The first-order valence-electron chi connectivity index (χ1n) is 7.37. The van der Waals surface area contributed by atoms with E-state index >= 15 is 0 Å². The minimum absolute atomic E-state index is 0.0516. The summed E-state index contributed by atoms with van der Waals surface area (Å²) >= 11 is 0. The van der Waals surface area contributed by atoms with Crippen LogP contribution in [-0.2, 0) is 9.59 Å². The molecule has 1 aromatic rings. The van der Waals surface area contributed by atoms with Gasteiger partial charge in [0.25, 0.3) is 0 Å². The summed E-state index contributed by atoms with van der Waals surface area (Å²) in [7, 11) is 0. The summed E-state index contributed by atoms with van der Waals surface area (Å²) in [4.78, 5) is 24.9. The predicted octanol–water partition coefficient (Wildman–Crippen LogP) is 1.85. The molecule has 2 aliphatic rings. The summed E-state index contributed by atoms with van der Waals surface area (Å²) in [6.45, 7) is 2.68. The Hall–Kier alpha value is -1.68. The van der Waals surface area contributed by atoms with Crippen molar-refractivity contribution >= 4 is 17.4 Å². The second kappa shape index (κ2) is 5.75. The zero-order chi connectivity index (χ0) is 13.9. The lowest BCUT2D eigenvalue weighted by atomic mass is 9.90. The summed E-state index contributed by atoms with van der Waals surface area (Å²) in [6.07, 6.45) is 2.88. The molecule has 0 aliphatic carbocycles. The van der Waals surface area contributed by atoms with Crippen LogP contribution in [0.3, 0.4) is 0 Å². The summed E-state index contributed by atoms with van der Waals surface area (Å²) in [5, 5.41) is 3.37. The van der Waals surface area contributed by atoms with Crippen molar-refractivity contribution in [2.75, 3.05) is 24.5 Å². The first kappa shape index (κ1) is 13.3. The fourth-order valence-electron chi connectivity index (χ4n) is 3.07. The highest BCUT2D eigenvalue weighted by Crippen LogP contribution is 2.28. The van der Waals surface area contributed by atoms with E-state index in [-0.39, 0.29) is 18.1 Å². The van der Waals surface area contributed by atoms with Crippen LogP contribution in [0.4, 0.5) is 5.69 Å². The number of rotatable bonds is 2. The van der Waals surface area contributed by atoms with E-state index in [1.807, 2.05) is 12.1 Å². The molecule has 1 aromatic carbocycles. The standard InChI is InChI=1S/C16H20N2O2/c19-15-7-10-18(16(20)11-15)14-3-1-12(2-4-14)13-5-8-17-9-6-13/h1-4,13,17H,5-11H2. The number of ketones is 1. The van der Waals surface area contributed by atoms with Crippen molar-refractivity contribution in [1.29, 1.82) is 0 Å². The Morgan fingerprint density at radius 3 is 2.40 bits per heavy atom. The maximum atomic E-state index is 11.9. The maximum Gasteiger partial charge on any atom is 0.234 e. The number of Topliss-reactive ketones (excluding diaryl/α,β-unsaturated/α-hetero) is 1. The average molecular weight is 272 g/mol. The number of benzene rings is 1. The molecule has 2 saturated heterocycles. The lowest BCUT2D eigenvalue weighted by Gasteiger charge is -2.27. The van der Waals surface area contributed by atoms with Crippen molar-refractivity contribution in [2.45, 2.75) is 31.6 Å². The third-order valence-corrected chi connectivity index (χ3v) is 4.28. The first-order valence-corrected chi connectivity index (χ1v) is 7.37. The molecule has 2 aliphatic heterocycles. The molecule has 20 heavy (non-hydrogen) atoms. The van der Waals surface area contributed by atoms with Crippen LogP contribution in [0.25, 0.3) is 0 Å². The third-order valence-electron chi connectivity index (χ3n) is 4.28. The van der Waals surface area contributed by atoms with E-state index in [1.165, 1.54) is 18.4 Å². The van der Waals surface area contributed by atoms with Crippen LogP contribution >= 0.6 is 0 Å². The summed E-state index contributed by atoms with van der Waals surface area (Å²) in [6, 6.07) is 8.31. The molecule has 0 atom stereocenters. The van der Waals surface area contributed by atoms with Gasteiger partial charge in [-0.05, 0) is 49.5 Å². The largest absolute Gasteiger partial charge is 0.317 e. The first-order chi connectivity index (χ1) is 9.74. The quantitative estimate of drug-likeness (QED) is 0.836. The highest BCUT2D eigenvalue weighted by atomic mass is 16.2. The van der Waals surface area contributed by atoms with Gasteiger partial charge in [0.2, 0.25) is 5.91 Å². The van der Waals surface area contributed by atoms with E-state index in [0.29, 0.717) is 18.9 Å². The monoisotopic (exact) mass is 272 g/mol. The van der Waals surface area contributed by atoms with Gasteiger partial charge in [0.05, 0.1) is 6.42 Å².